The molecule has 0 aromatic heterocycles. The smallest absolute Gasteiger partial charge is 0.187 e. The van der Waals surface area contributed by atoms with E-state index in [1.165, 1.54) is 5.57 Å². The number of rotatable bonds is 0. The van der Waals surface area contributed by atoms with Crippen molar-refractivity contribution in [3.8, 4) is 0 Å². The molecule has 3 saturated carbocycles. The summed E-state index contributed by atoms with van der Waals surface area (Å²) in [5.74, 6) is 1.78. The summed E-state index contributed by atoms with van der Waals surface area (Å²) in [5.41, 5.74) is 1.82. The van der Waals surface area contributed by atoms with E-state index in [4.69, 9.17) is 4.74 Å². The van der Waals surface area contributed by atoms with Gasteiger partial charge in [-0.05, 0) is 73.8 Å². The molecule has 1 heterocycles. The fraction of sp³-hybridized carbons (Fsp3) is 0.762. The zero-order valence-electron chi connectivity index (χ0n) is 15.0. The average Bonchev–Trinajstić information content (AvgIpc) is 3.22. The molecule has 24 heavy (non-hydrogen) atoms. The van der Waals surface area contributed by atoms with Crippen molar-refractivity contribution < 1.29 is 14.6 Å². The summed E-state index contributed by atoms with van der Waals surface area (Å²) >= 11 is 0. The summed E-state index contributed by atoms with van der Waals surface area (Å²) in [6.07, 6.45) is 6.62. The predicted molar refractivity (Wildman–Crippen MR) is 91.3 cm³/mol. The standard InChI is InChI=1S/C21H28O3/c1-11-10-16(22)18-21(24-18)12(2)9-13-14-5-6-17(23)19(14,3)8-7-15(13)20(11,21)4/h10,13-15,17-18,23H,2,5-9H2,1,3-4H3/t13-,14-,15-,17-,18?,19-,20+,21?/m0/s1. The highest BCUT2D eigenvalue weighted by molar-refractivity contribution is 6.00. The molecule has 4 fully saturated rings. The maximum atomic E-state index is 12.3. The van der Waals surface area contributed by atoms with Crippen molar-refractivity contribution in [1.29, 1.82) is 0 Å². The molecule has 1 saturated heterocycles. The highest BCUT2D eigenvalue weighted by atomic mass is 16.6. The molecular weight excluding hydrogens is 300 g/mol. The van der Waals surface area contributed by atoms with E-state index < -0.39 is 5.60 Å². The zero-order valence-corrected chi connectivity index (χ0v) is 15.0. The van der Waals surface area contributed by atoms with E-state index in [0.29, 0.717) is 17.8 Å². The molecule has 4 aliphatic carbocycles. The Hall–Kier alpha value is -0.930. The highest BCUT2D eigenvalue weighted by Crippen LogP contribution is 2.73. The van der Waals surface area contributed by atoms with E-state index in [2.05, 4.69) is 27.4 Å². The largest absolute Gasteiger partial charge is 0.393 e. The Balaban J connectivity index is 1.63. The maximum absolute atomic E-state index is 12.3. The van der Waals surface area contributed by atoms with Crippen LogP contribution in [0.15, 0.2) is 23.8 Å². The topological polar surface area (TPSA) is 49.8 Å². The van der Waals surface area contributed by atoms with Crippen LogP contribution < -0.4 is 0 Å². The number of carbonyl (C=O) groups is 1. The molecule has 3 heteroatoms. The van der Waals surface area contributed by atoms with E-state index in [1.54, 1.807) is 0 Å². The van der Waals surface area contributed by atoms with Crippen molar-refractivity contribution in [2.45, 2.75) is 70.7 Å². The molecule has 5 aliphatic rings. The zero-order chi connectivity index (χ0) is 17.1. The molecule has 1 aliphatic heterocycles. The molecule has 0 radical (unpaired) electrons. The van der Waals surface area contributed by atoms with Gasteiger partial charge in [0.05, 0.1) is 6.10 Å². The molecular formula is C21H28O3. The Kier molecular flexibility index (Phi) is 2.71. The first-order chi connectivity index (χ1) is 11.3. The van der Waals surface area contributed by atoms with Gasteiger partial charge < -0.3 is 9.84 Å². The SMILES string of the molecule is C=C1C[C@H]2[C@@H]3CC[C@H](O)[C@@]3(C)CC[C@@H]2[C@@]2(C)C(C)=CC(=O)C3OC132. The molecule has 1 spiro atoms. The number of hydrogen-bond acceptors (Lipinski definition) is 3. The van der Waals surface area contributed by atoms with Crippen LogP contribution in [0, 0.1) is 28.6 Å². The van der Waals surface area contributed by atoms with E-state index in [1.807, 2.05) is 6.08 Å². The minimum Gasteiger partial charge on any atom is -0.393 e. The van der Waals surface area contributed by atoms with E-state index in [9.17, 15) is 9.90 Å². The first kappa shape index (κ1) is 15.3. The van der Waals surface area contributed by atoms with Crippen LogP contribution in [-0.4, -0.2) is 28.7 Å². The molecule has 0 aromatic carbocycles. The normalized spacial score (nSPS) is 58.3. The van der Waals surface area contributed by atoms with Crippen LogP contribution in [-0.2, 0) is 9.53 Å². The van der Waals surface area contributed by atoms with Gasteiger partial charge in [0.2, 0.25) is 0 Å². The Morgan fingerprint density at radius 3 is 2.75 bits per heavy atom. The predicted octanol–water partition coefficient (Wildman–Crippen LogP) is 3.42. The van der Waals surface area contributed by atoms with Gasteiger partial charge in [0.1, 0.15) is 5.60 Å². The third-order valence-electron chi connectivity index (χ3n) is 8.96. The van der Waals surface area contributed by atoms with E-state index in [0.717, 1.165) is 37.7 Å². The third-order valence-corrected chi connectivity index (χ3v) is 8.96. The fourth-order valence-corrected chi connectivity index (χ4v) is 7.44. The molecule has 2 unspecified atom stereocenters. The summed E-state index contributed by atoms with van der Waals surface area (Å²) in [7, 11) is 0. The van der Waals surface area contributed by atoms with E-state index in [-0.39, 0.29) is 28.8 Å². The van der Waals surface area contributed by atoms with Crippen LogP contribution in [0.5, 0.6) is 0 Å². The molecule has 5 rings (SSSR count). The van der Waals surface area contributed by atoms with Gasteiger partial charge in [0, 0.05) is 5.41 Å². The average molecular weight is 328 g/mol. The molecule has 0 aromatic rings. The third kappa shape index (κ3) is 1.39. The van der Waals surface area contributed by atoms with Crippen LogP contribution in [0.2, 0.25) is 0 Å². The molecule has 1 N–H and O–H groups in total. The Bertz CT molecular complexity index is 693. The number of aliphatic hydroxyl groups is 1. The number of ketones is 1. The number of aliphatic hydroxyl groups excluding tert-OH is 1. The lowest BCUT2D eigenvalue weighted by atomic mass is 9.43. The first-order valence-corrected chi connectivity index (χ1v) is 9.53. The van der Waals surface area contributed by atoms with Crippen LogP contribution >= 0.6 is 0 Å². The molecule has 3 nitrogen and oxygen atoms in total. The lowest BCUT2D eigenvalue weighted by Crippen LogP contribution is -2.59. The van der Waals surface area contributed by atoms with Crippen molar-refractivity contribution in [2.24, 2.45) is 28.6 Å². The lowest BCUT2D eigenvalue weighted by molar-refractivity contribution is -0.117. The number of epoxide rings is 1. The lowest BCUT2D eigenvalue weighted by Gasteiger charge is -2.59. The van der Waals surface area contributed by atoms with Crippen LogP contribution in [0.4, 0.5) is 0 Å². The van der Waals surface area contributed by atoms with E-state index >= 15 is 0 Å². The Labute approximate surface area is 144 Å². The minimum atomic E-state index is -0.435. The Morgan fingerprint density at radius 2 is 2.00 bits per heavy atom. The second kappa shape index (κ2) is 4.24. The molecule has 130 valence electrons. The first-order valence-electron chi connectivity index (χ1n) is 9.53. The summed E-state index contributed by atoms with van der Waals surface area (Å²) in [6, 6.07) is 0. The van der Waals surface area contributed by atoms with Crippen LogP contribution in [0.1, 0.15) is 52.9 Å². The number of fused-ring (bicyclic) bond motifs is 4. The van der Waals surface area contributed by atoms with Crippen molar-refractivity contribution in [3.63, 3.8) is 0 Å². The van der Waals surface area contributed by atoms with Gasteiger partial charge in [0.15, 0.2) is 11.9 Å². The number of carbonyl (C=O) groups excluding carboxylic acids is 1. The van der Waals surface area contributed by atoms with Gasteiger partial charge in [0.25, 0.3) is 0 Å². The van der Waals surface area contributed by atoms with Crippen molar-refractivity contribution in [3.05, 3.63) is 23.8 Å². The van der Waals surface area contributed by atoms with Crippen LogP contribution in [0.3, 0.4) is 0 Å². The maximum Gasteiger partial charge on any atom is 0.187 e. The van der Waals surface area contributed by atoms with Crippen molar-refractivity contribution in [1.82, 2.24) is 0 Å². The van der Waals surface area contributed by atoms with Gasteiger partial charge in [-0.2, -0.15) is 0 Å². The number of hydrogen-bond donors (Lipinski definition) is 1. The molecule has 0 amide bonds. The van der Waals surface area contributed by atoms with Gasteiger partial charge in [-0.3, -0.25) is 4.79 Å². The highest BCUT2D eigenvalue weighted by Gasteiger charge is 2.78. The van der Waals surface area contributed by atoms with Gasteiger partial charge >= 0.3 is 0 Å². The van der Waals surface area contributed by atoms with Gasteiger partial charge in [-0.1, -0.05) is 26.0 Å². The minimum absolute atomic E-state index is 0.0637. The van der Waals surface area contributed by atoms with Crippen molar-refractivity contribution in [2.75, 3.05) is 0 Å². The Morgan fingerprint density at radius 1 is 1.25 bits per heavy atom. The molecule has 8 atom stereocenters. The second-order valence-electron chi connectivity index (χ2n) is 9.49. The van der Waals surface area contributed by atoms with Crippen molar-refractivity contribution >= 4 is 5.78 Å². The fourth-order valence-electron chi connectivity index (χ4n) is 7.44. The second-order valence-corrected chi connectivity index (χ2v) is 9.49. The summed E-state index contributed by atoms with van der Waals surface area (Å²) < 4.78 is 6.12. The number of ether oxygens (including phenoxy) is 1. The summed E-state index contributed by atoms with van der Waals surface area (Å²) in [4.78, 5) is 12.3. The molecule has 0 bridgehead atoms. The van der Waals surface area contributed by atoms with Gasteiger partial charge in [-0.25, -0.2) is 0 Å². The summed E-state index contributed by atoms with van der Waals surface area (Å²) in [6.45, 7) is 11.1. The summed E-state index contributed by atoms with van der Waals surface area (Å²) in [5, 5.41) is 10.6. The monoisotopic (exact) mass is 328 g/mol. The quantitative estimate of drug-likeness (QED) is 0.547. The van der Waals surface area contributed by atoms with Crippen LogP contribution in [0.25, 0.3) is 0 Å². The van der Waals surface area contributed by atoms with Gasteiger partial charge in [-0.15, -0.1) is 0 Å².